The van der Waals surface area contributed by atoms with Gasteiger partial charge in [-0.05, 0) is 6.07 Å². The van der Waals surface area contributed by atoms with Crippen LogP contribution in [0.2, 0.25) is 0 Å². The number of hydrogen-bond acceptors (Lipinski definition) is 7. The van der Waals surface area contributed by atoms with Gasteiger partial charge in [0.05, 0.1) is 33.3 Å². The van der Waals surface area contributed by atoms with Crippen LogP contribution in [0.4, 0.5) is 0 Å². The average molecular weight is 394 g/mol. The fraction of sp³-hybridized carbons (Fsp3) is 0.227. The summed E-state index contributed by atoms with van der Waals surface area (Å²) >= 11 is 0. The minimum atomic E-state index is -0.717. The van der Waals surface area contributed by atoms with Gasteiger partial charge in [0, 0.05) is 28.7 Å². The number of benzene rings is 2. The fourth-order valence-corrected chi connectivity index (χ4v) is 3.80. The Labute approximate surface area is 166 Å². The topological polar surface area (TPSA) is 88.1 Å². The van der Waals surface area contributed by atoms with E-state index < -0.39 is 17.7 Å². The number of allylic oxidation sites excluding steroid dienone is 2. The van der Waals surface area contributed by atoms with Gasteiger partial charge in [-0.2, -0.15) is 0 Å². The summed E-state index contributed by atoms with van der Waals surface area (Å²) in [7, 11) is 4.46. The minimum Gasteiger partial charge on any atom is -0.496 e. The number of ketones is 2. The number of ether oxygens (including phenoxy) is 4. The van der Waals surface area contributed by atoms with Crippen molar-refractivity contribution in [1.29, 1.82) is 0 Å². The molecule has 0 saturated carbocycles. The van der Waals surface area contributed by atoms with Gasteiger partial charge in [-0.15, -0.1) is 0 Å². The number of rotatable bonds is 4. The second kappa shape index (κ2) is 7.09. The molecule has 0 bridgehead atoms. The Morgan fingerprint density at radius 2 is 1.41 bits per heavy atom. The van der Waals surface area contributed by atoms with Gasteiger partial charge in [0.1, 0.15) is 5.75 Å². The second-order valence-electron chi connectivity index (χ2n) is 6.63. The molecule has 0 saturated heterocycles. The number of hydrogen-bond donors (Lipinski definition) is 0. The van der Waals surface area contributed by atoms with Crippen LogP contribution in [0.15, 0.2) is 47.7 Å². The summed E-state index contributed by atoms with van der Waals surface area (Å²) in [5, 5.41) is 0. The van der Waals surface area contributed by atoms with Crippen LogP contribution in [-0.4, -0.2) is 38.9 Å². The first-order valence-corrected chi connectivity index (χ1v) is 8.93. The van der Waals surface area contributed by atoms with E-state index in [0.717, 1.165) is 0 Å². The zero-order valence-corrected chi connectivity index (χ0v) is 16.1. The summed E-state index contributed by atoms with van der Waals surface area (Å²) in [6, 6.07) is 9.78. The van der Waals surface area contributed by atoms with Gasteiger partial charge >= 0.3 is 5.97 Å². The molecule has 0 fully saturated rings. The van der Waals surface area contributed by atoms with Crippen LogP contribution < -0.4 is 14.2 Å². The van der Waals surface area contributed by atoms with Crippen molar-refractivity contribution < 1.29 is 33.3 Å². The molecule has 0 N–H and O–H groups in total. The molecule has 1 heterocycles. The number of Topliss-reactive ketones (excluding diaryl/α,β-unsaturated/α-hetero) is 2. The van der Waals surface area contributed by atoms with Crippen LogP contribution in [0.25, 0.3) is 0 Å². The third-order valence-electron chi connectivity index (χ3n) is 5.16. The Morgan fingerprint density at radius 3 is 2.03 bits per heavy atom. The number of methoxy groups -OCH3 is 3. The van der Waals surface area contributed by atoms with E-state index in [0.29, 0.717) is 28.4 Å². The van der Waals surface area contributed by atoms with E-state index in [9.17, 15) is 14.4 Å². The van der Waals surface area contributed by atoms with Crippen molar-refractivity contribution in [2.45, 2.75) is 12.3 Å². The molecule has 0 aromatic heterocycles. The number of esters is 1. The summed E-state index contributed by atoms with van der Waals surface area (Å²) in [6.07, 6.45) is -0.105. The summed E-state index contributed by atoms with van der Waals surface area (Å²) in [4.78, 5) is 38.5. The van der Waals surface area contributed by atoms with Crippen molar-refractivity contribution in [3.05, 3.63) is 64.4 Å². The lowest BCUT2D eigenvalue weighted by atomic mass is 9.76. The van der Waals surface area contributed by atoms with Crippen LogP contribution in [0, 0.1) is 0 Å². The van der Waals surface area contributed by atoms with E-state index in [2.05, 4.69) is 0 Å². The Balaban J connectivity index is 1.94. The molecule has 2 aromatic carbocycles. The van der Waals surface area contributed by atoms with E-state index in [1.165, 1.54) is 21.3 Å². The van der Waals surface area contributed by atoms with Gasteiger partial charge in [-0.25, -0.2) is 0 Å². The quantitative estimate of drug-likeness (QED) is 0.737. The first-order chi connectivity index (χ1) is 14.0. The second-order valence-corrected chi connectivity index (χ2v) is 6.63. The molecule has 148 valence electrons. The van der Waals surface area contributed by atoms with Crippen LogP contribution in [0.1, 0.15) is 38.6 Å². The zero-order valence-electron chi connectivity index (χ0n) is 16.1. The lowest BCUT2D eigenvalue weighted by molar-refractivity contribution is -0.140. The molecule has 0 amide bonds. The van der Waals surface area contributed by atoms with E-state index in [4.69, 9.17) is 18.9 Å². The summed E-state index contributed by atoms with van der Waals surface area (Å²) in [5.41, 5.74) is 1.20. The molecule has 2 aromatic rings. The van der Waals surface area contributed by atoms with Gasteiger partial charge in [-0.1, -0.05) is 24.3 Å². The molecule has 29 heavy (non-hydrogen) atoms. The minimum absolute atomic E-state index is 0.105. The molecule has 4 rings (SSSR count). The van der Waals surface area contributed by atoms with Gasteiger partial charge in [0.25, 0.3) is 0 Å². The first kappa shape index (κ1) is 18.7. The van der Waals surface area contributed by atoms with Crippen molar-refractivity contribution in [2.75, 3.05) is 21.3 Å². The highest BCUT2D eigenvalue weighted by Gasteiger charge is 2.43. The summed E-state index contributed by atoms with van der Waals surface area (Å²) < 4.78 is 21.4. The molecule has 1 aliphatic heterocycles. The highest BCUT2D eigenvalue weighted by molar-refractivity contribution is 6.27. The van der Waals surface area contributed by atoms with E-state index in [1.54, 1.807) is 36.4 Å². The van der Waals surface area contributed by atoms with E-state index in [-0.39, 0.29) is 29.1 Å². The van der Waals surface area contributed by atoms with Crippen LogP contribution in [0.5, 0.6) is 17.2 Å². The Hall–Kier alpha value is -3.61. The lowest BCUT2D eigenvalue weighted by Crippen LogP contribution is -2.33. The van der Waals surface area contributed by atoms with Gasteiger partial charge in [-0.3, -0.25) is 14.4 Å². The molecule has 7 nitrogen and oxygen atoms in total. The Bertz CT molecular complexity index is 1080. The maximum Gasteiger partial charge on any atom is 0.312 e. The Morgan fingerprint density at radius 1 is 0.828 bits per heavy atom. The van der Waals surface area contributed by atoms with Crippen molar-refractivity contribution in [3.63, 3.8) is 0 Å². The maximum atomic E-state index is 13.3. The van der Waals surface area contributed by atoms with Crippen LogP contribution in [-0.2, 0) is 9.53 Å². The molecular formula is C22H18O7. The standard InChI is InChI=1S/C22H18O7/c1-26-15-10-17(28-3)16(27-2)8-13(15)14-9-18(23)29-22-19(14)20(24)11-6-4-5-7-12(11)21(22)25/h4-8,10,14H,9H2,1-3H3. The number of fused-ring (bicyclic) bond motifs is 1. The summed E-state index contributed by atoms with van der Waals surface area (Å²) in [5.74, 6) is -1.08. The average Bonchev–Trinajstić information content (AvgIpc) is 2.75. The van der Waals surface area contributed by atoms with Gasteiger partial charge in [0.15, 0.2) is 23.0 Å². The molecule has 1 unspecified atom stereocenters. The first-order valence-electron chi connectivity index (χ1n) is 8.93. The van der Waals surface area contributed by atoms with Crippen LogP contribution >= 0.6 is 0 Å². The molecule has 1 aliphatic carbocycles. The van der Waals surface area contributed by atoms with Crippen LogP contribution in [0.3, 0.4) is 0 Å². The maximum absolute atomic E-state index is 13.3. The lowest BCUT2D eigenvalue weighted by Gasteiger charge is -2.30. The normalized spacial score (nSPS) is 18.0. The monoisotopic (exact) mass is 394 g/mol. The Kier molecular flexibility index (Phi) is 4.58. The third-order valence-corrected chi connectivity index (χ3v) is 5.16. The molecule has 7 heteroatoms. The molecular weight excluding hydrogens is 376 g/mol. The van der Waals surface area contributed by atoms with E-state index in [1.807, 2.05) is 0 Å². The van der Waals surface area contributed by atoms with Crippen molar-refractivity contribution in [1.82, 2.24) is 0 Å². The SMILES string of the molecule is COc1cc(OC)c(C2CC(=O)OC3=C2C(=O)c2ccccc2C3=O)cc1OC. The van der Waals surface area contributed by atoms with Crippen molar-refractivity contribution in [3.8, 4) is 17.2 Å². The highest BCUT2D eigenvalue weighted by Crippen LogP contribution is 2.46. The third kappa shape index (κ3) is 2.86. The molecule has 1 atom stereocenters. The predicted molar refractivity (Wildman–Crippen MR) is 102 cm³/mol. The largest absolute Gasteiger partial charge is 0.496 e. The van der Waals surface area contributed by atoms with Gasteiger partial charge < -0.3 is 18.9 Å². The molecule has 0 radical (unpaired) electrons. The smallest absolute Gasteiger partial charge is 0.312 e. The fourth-order valence-electron chi connectivity index (χ4n) is 3.80. The number of carbonyl (C=O) groups excluding carboxylic acids is 3. The number of carbonyl (C=O) groups is 3. The molecule has 2 aliphatic rings. The van der Waals surface area contributed by atoms with Gasteiger partial charge in [0.2, 0.25) is 5.78 Å². The van der Waals surface area contributed by atoms with Crippen molar-refractivity contribution >= 4 is 17.5 Å². The molecule has 0 spiro atoms. The van der Waals surface area contributed by atoms with Crippen molar-refractivity contribution in [2.24, 2.45) is 0 Å². The zero-order chi connectivity index (χ0) is 20.7. The predicted octanol–water partition coefficient (Wildman–Crippen LogP) is 3.08. The highest BCUT2D eigenvalue weighted by atomic mass is 16.5. The summed E-state index contributed by atoms with van der Waals surface area (Å²) in [6.45, 7) is 0. The van der Waals surface area contributed by atoms with E-state index >= 15 is 0 Å².